The topological polar surface area (TPSA) is 24.9 Å². The van der Waals surface area contributed by atoms with E-state index in [1.807, 2.05) is 42.5 Å². The van der Waals surface area contributed by atoms with Crippen molar-refractivity contribution in [2.45, 2.75) is 26.3 Å². The number of anilines is 2. The first-order valence-electron chi connectivity index (χ1n) is 12.8. The van der Waals surface area contributed by atoms with Gasteiger partial charge in [0.15, 0.2) is 0 Å². The minimum Gasteiger partial charge on any atom is -0.394 e. The quantitative estimate of drug-likeness (QED) is 0.148. The largest absolute Gasteiger partial charge is 3.00 e. The Morgan fingerprint density at radius 1 is 0.895 bits per heavy atom. The van der Waals surface area contributed by atoms with E-state index >= 15 is 0 Å². The van der Waals surface area contributed by atoms with Crippen molar-refractivity contribution in [2.24, 2.45) is 0 Å². The minimum atomic E-state index is 0. The first kappa shape index (κ1) is 25.8. The molecule has 0 bridgehead atoms. The number of unbranched alkanes of at least 4 members (excludes halogenated alkanes) is 1. The van der Waals surface area contributed by atoms with Gasteiger partial charge in [-0.3, -0.25) is 0 Å². The average Bonchev–Trinajstić information content (AvgIpc) is 3.34. The predicted octanol–water partition coefficient (Wildman–Crippen LogP) is 7.10. The Kier molecular flexibility index (Phi) is 7.69. The maximum absolute atomic E-state index is 4.22. The molecule has 2 aromatic heterocycles. The van der Waals surface area contributed by atoms with E-state index in [0.717, 1.165) is 35.3 Å². The smallest absolute Gasteiger partial charge is 0.394 e. The zero-order chi connectivity index (χ0) is 25.2. The third kappa shape index (κ3) is 4.76. The summed E-state index contributed by atoms with van der Waals surface area (Å²) in [5, 5.41) is 2.36. The van der Waals surface area contributed by atoms with Crippen molar-refractivity contribution in [2.75, 3.05) is 11.9 Å². The standard InChI is InChI=1S/C22H20N3.C11H8N.Ir/c1-3-4-12-24-15-25-21-14-17-9-6-5-8-16(17)13-20(21)23(2)18-10-7-11-19(24)22(18)25;1-2-6-10(7-3-1)11-8-4-5-9-12-11;/h5-11,13H,3-4,12H2,1-2H3;1-6,8-9H;/q2*-1;+3. The van der Waals surface area contributed by atoms with Gasteiger partial charge < -0.3 is 19.0 Å². The Hall–Kier alpha value is -3.79. The number of fused-ring (bicyclic) bond motifs is 3. The van der Waals surface area contributed by atoms with Gasteiger partial charge in [0.1, 0.15) is 0 Å². The molecule has 0 spiro atoms. The van der Waals surface area contributed by atoms with E-state index in [4.69, 9.17) is 0 Å². The van der Waals surface area contributed by atoms with E-state index in [1.165, 1.54) is 34.2 Å². The molecule has 0 atom stereocenters. The molecule has 5 heteroatoms. The molecule has 0 N–H and O–H groups in total. The molecule has 0 aliphatic carbocycles. The van der Waals surface area contributed by atoms with Crippen LogP contribution in [0.5, 0.6) is 0 Å². The number of aryl methyl sites for hydroxylation is 1. The third-order valence-corrected chi connectivity index (χ3v) is 6.81. The summed E-state index contributed by atoms with van der Waals surface area (Å²) in [6.07, 6.45) is 7.71. The summed E-state index contributed by atoms with van der Waals surface area (Å²) >= 11 is 0. The molecule has 0 unspecified atom stereocenters. The van der Waals surface area contributed by atoms with Gasteiger partial charge in [0.2, 0.25) is 6.33 Å². The number of hydrogen-bond donors (Lipinski definition) is 0. The van der Waals surface area contributed by atoms with Crippen LogP contribution < -0.4 is 9.47 Å². The van der Waals surface area contributed by atoms with E-state index in [1.54, 1.807) is 6.20 Å². The molecule has 4 nitrogen and oxygen atoms in total. The molecule has 1 aliphatic heterocycles. The monoisotopic (exact) mass is 673 g/mol. The summed E-state index contributed by atoms with van der Waals surface area (Å²) in [5.74, 6) is 0. The van der Waals surface area contributed by atoms with Crippen LogP contribution in [0.2, 0.25) is 0 Å². The summed E-state index contributed by atoms with van der Waals surface area (Å²) in [6, 6.07) is 37.7. The molecule has 3 heterocycles. The van der Waals surface area contributed by atoms with E-state index in [9.17, 15) is 0 Å². The summed E-state index contributed by atoms with van der Waals surface area (Å²) in [6.45, 7) is 3.22. The fourth-order valence-electron chi connectivity index (χ4n) is 4.88. The van der Waals surface area contributed by atoms with Gasteiger partial charge >= 0.3 is 20.1 Å². The van der Waals surface area contributed by atoms with Crippen LogP contribution in [-0.4, -0.2) is 16.6 Å². The molecule has 0 fully saturated rings. The zero-order valence-electron chi connectivity index (χ0n) is 21.5. The Labute approximate surface area is 237 Å². The zero-order valence-corrected chi connectivity index (χ0v) is 23.9. The molecule has 188 valence electrons. The fraction of sp³-hybridized carbons (Fsp3) is 0.152. The van der Waals surface area contributed by atoms with Gasteiger partial charge in [-0.25, -0.2) is 0 Å². The number of benzene rings is 4. The van der Waals surface area contributed by atoms with Gasteiger partial charge in [-0.1, -0.05) is 49.7 Å². The Morgan fingerprint density at radius 2 is 1.74 bits per heavy atom. The molecule has 4 aromatic carbocycles. The van der Waals surface area contributed by atoms with Crippen molar-refractivity contribution >= 4 is 33.2 Å². The maximum atomic E-state index is 4.22. The van der Waals surface area contributed by atoms with Crippen LogP contribution in [0, 0.1) is 18.5 Å². The van der Waals surface area contributed by atoms with Crippen molar-refractivity contribution in [3.63, 3.8) is 0 Å². The number of nitrogens with zero attached hydrogens (tertiary/aromatic N) is 4. The van der Waals surface area contributed by atoms with E-state index in [2.05, 4.69) is 100.0 Å². The second kappa shape index (κ2) is 11.3. The predicted molar refractivity (Wildman–Crippen MR) is 150 cm³/mol. The van der Waals surface area contributed by atoms with E-state index < -0.39 is 0 Å². The van der Waals surface area contributed by atoms with E-state index in [0.29, 0.717) is 0 Å². The molecule has 0 amide bonds. The molecular weight excluding hydrogens is 645 g/mol. The molecule has 38 heavy (non-hydrogen) atoms. The van der Waals surface area contributed by atoms with Gasteiger partial charge in [0, 0.05) is 18.9 Å². The minimum absolute atomic E-state index is 0. The van der Waals surface area contributed by atoms with Crippen molar-refractivity contribution in [3.05, 3.63) is 116 Å². The number of aromatic nitrogens is 3. The molecule has 6 aromatic rings. The molecule has 0 saturated heterocycles. The van der Waals surface area contributed by atoms with Gasteiger partial charge in [-0.05, 0) is 35.6 Å². The van der Waals surface area contributed by atoms with Crippen LogP contribution in [0.4, 0.5) is 11.4 Å². The number of rotatable bonds is 4. The SMILES string of the molecule is CCCCn1[c-][n+]2c3c(cccc31)N(C)c1cc3ccccc3[c-]c1-2.[Ir+3].[c-]1ccccc1-c1ccccn1. The summed E-state index contributed by atoms with van der Waals surface area (Å²) in [4.78, 5) is 6.49. The summed E-state index contributed by atoms with van der Waals surface area (Å²) < 4.78 is 4.45. The first-order chi connectivity index (χ1) is 18.2. The molecule has 1 aliphatic rings. The van der Waals surface area contributed by atoms with Gasteiger partial charge in [0.25, 0.3) is 0 Å². The Balaban J connectivity index is 0.000000191. The maximum Gasteiger partial charge on any atom is 3.00 e. The van der Waals surface area contributed by atoms with Crippen LogP contribution in [0.1, 0.15) is 19.8 Å². The number of pyridine rings is 1. The molecule has 0 radical (unpaired) electrons. The molecule has 0 saturated carbocycles. The molecule has 7 rings (SSSR count). The second-order valence-electron chi connectivity index (χ2n) is 9.23. The summed E-state index contributed by atoms with van der Waals surface area (Å²) in [5.41, 5.74) is 7.95. The first-order valence-corrected chi connectivity index (χ1v) is 12.8. The van der Waals surface area contributed by atoms with Gasteiger partial charge in [-0.15, -0.1) is 70.9 Å². The second-order valence-corrected chi connectivity index (χ2v) is 9.23. The van der Waals surface area contributed by atoms with E-state index in [-0.39, 0.29) is 20.1 Å². The van der Waals surface area contributed by atoms with Gasteiger partial charge in [0.05, 0.1) is 17.6 Å². The number of para-hydroxylation sites is 1. The van der Waals surface area contributed by atoms with Crippen LogP contribution in [0.25, 0.3) is 38.8 Å². The fourth-order valence-corrected chi connectivity index (χ4v) is 4.88. The Bertz CT molecular complexity index is 1640. The van der Waals surface area contributed by atoms with Crippen LogP contribution in [0.15, 0.2) is 97.2 Å². The van der Waals surface area contributed by atoms with Crippen molar-refractivity contribution in [1.29, 1.82) is 0 Å². The van der Waals surface area contributed by atoms with Gasteiger partial charge in [-0.2, -0.15) is 0 Å². The van der Waals surface area contributed by atoms with Crippen molar-refractivity contribution in [3.8, 4) is 16.9 Å². The number of hydrogen-bond acceptors (Lipinski definition) is 2. The van der Waals surface area contributed by atoms with Crippen LogP contribution >= 0.6 is 0 Å². The average molecular weight is 673 g/mol. The molecular formula is C33H28IrN4+. The Morgan fingerprint density at radius 3 is 2.53 bits per heavy atom. The van der Waals surface area contributed by atoms with Crippen molar-refractivity contribution < 1.29 is 24.7 Å². The summed E-state index contributed by atoms with van der Waals surface area (Å²) in [7, 11) is 2.14. The van der Waals surface area contributed by atoms with Crippen LogP contribution in [0.3, 0.4) is 0 Å². The van der Waals surface area contributed by atoms with Crippen LogP contribution in [-0.2, 0) is 26.7 Å². The van der Waals surface area contributed by atoms with Crippen molar-refractivity contribution in [1.82, 2.24) is 9.55 Å². The third-order valence-electron chi connectivity index (χ3n) is 6.81. The normalized spacial score (nSPS) is 11.5. The number of imidazole rings is 1.